The minimum atomic E-state index is 0.0259. The number of carbonyl (C=O) groups is 1. The van der Waals surface area contributed by atoms with Gasteiger partial charge in [-0.15, -0.1) is 0 Å². The van der Waals surface area contributed by atoms with E-state index in [2.05, 4.69) is 6.92 Å². The first-order chi connectivity index (χ1) is 9.02. The molecule has 0 aliphatic heterocycles. The monoisotopic (exact) mass is 264 g/mol. The van der Waals surface area contributed by atoms with Crippen molar-refractivity contribution in [3.05, 3.63) is 29.8 Å². The largest absolute Gasteiger partial charge is 0.399 e. The maximum Gasteiger partial charge on any atom is 0.248 e. The van der Waals surface area contributed by atoms with Gasteiger partial charge >= 0.3 is 0 Å². The Morgan fingerprint density at radius 3 is 2.74 bits per heavy atom. The number of anilines is 1. The van der Waals surface area contributed by atoms with Crippen molar-refractivity contribution >= 4 is 11.6 Å². The van der Waals surface area contributed by atoms with Crippen LogP contribution in [0.3, 0.4) is 0 Å². The van der Waals surface area contributed by atoms with Gasteiger partial charge in [0.15, 0.2) is 0 Å². The van der Waals surface area contributed by atoms with Crippen molar-refractivity contribution in [2.24, 2.45) is 0 Å². The van der Waals surface area contributed by atoms with E-state index < -0.39 is 0 Å². The summed E-state index contributed by atoms with van der Waals surface area (Å²) in [6.07, 6.45) is 0.996. The van der Waals surface area contributed by atoms with Crippen molar-refractivity contribution in [3.8, 4) is 0 Å². The van der Waals surface area contributed by atoms with Crippen LogP contribution in [0.25, 0.3) is 0 Å². The molecule has 1 rings (SSSR count). The zero-order valence-electron chi connectivity index (χ0n) is 12.1. The van der Waals surface area contributed by atoms with Crippen molar-refractivity contribution in [1.29, 1.82) is 0 Å². The lowest BCUT2D eigenvalue weighted by molar-refractivity contribution is -0.138. The van der Waals surface area contributed by atoms with Crippen LogP contribution in [0.5, 0.6) is 0 Å². The highest BCUT2D eigenvalue weighted by Crippen LogP contribution is 2.10. The molecule has 2 N–H and O–H groups in total. The molecule has 0 heterocycles. The minimum absolute atomic E-state index is 0.0259. The van der Waals surface area contributed by atoms with Crippen LogP contribution in [0.2, 0.25) is 0 Å². The molecule has 4 nitrogen and oxygen atoms in total. The Morgan fingerprint density at radius 1 is 1.42 bits per heavy atom. The van der Waals surface area contributed by atoms with E-state index in [4.69, 9.17) is 10.5 Å². The van der Waals surface area contributed by atoms with Gasteiger partial charge in [-0.2, -0.15) is 0 Å². The molecule has 0 atom stereocenters. The molecule has 0 bridgehead atoms. The van der Waals surface area contributed by atoms with Crippen LogP contribution >= 0.6 is 0 Å². The predicted molar refractivity (Wildman–Crippen MR) is 77.7 cm³/mol. The maximum atomic E-state index is 12.1. The zero-order valence-corrected chi connectivity index (χ0v) is 12.1. The first kappa shape index (κ1) is 15.5. The third kappa shape index (κ3) is 5.75. The Morgan fingerprint density at radius 2 is 2.16 bits per heavy atom. The molecule has 0 fully saturated rings. The van der Waals surface area contributed by atoms with Crippen LogP contribution in [-0.4, -0.2) is 30.1 Å². The molecule has 0 radical (unpaired) electrons. The van der Waals surface area contributed by atoms with Crippen LogP contribution in [0.4, 0.5) is 5.69 Å². The number of hydrogen-bond donors (Lipinski definition) is 1. The fourth-order valence-electron chi connectivity index (χ4n) is 1.80. The number of carbonyl (C=O) groups excluding carboxylic acids is 1. The molecular formula is C15H24N2O2. The first-order valence-electron chi connectivity index (χ1n) is 6.76. The molecule has 0 aliphatic rings. The lowest BCUT2D eigenvalue weighted by Crippen LogP contribution is -2.34. The minimum Gasteiger partial charge on any atom is -0.399 e. The van der Waals surface area contributed by atoms with Gasteiger partial charge in [0.1, 0.15) is 6.61 Å². The summed E-state index contributed by atoms with van der Waals surface area (Å²) < 4.78 is 5.38. The fraction of sp³-hybridized carbons (Fsp3) is 0.533. The van der Waals surface area contributed by atoms with E-state index in [1.165, 1.54) is 0 Å². The Balaban J connectivity index is 2.64. The van der Waals surface area contributed by atoms with Gasteiger partial charge in [0, 0.05) is 18.8 Å². The molecule has 0 saturated heterocycles. The second-order valence-corrected chi connectivity index (χ2v) is 4.92. The lowest BCUT2D eigenvalue weighted by atomic mass is 10.2. The maximum absolute atomic E-state index is 12.1. The summed E-state index contributed by atoms with van der Waals surface area (Å²) in [5.74, 6) is 0.0259. The summed E-state index contributed by atoms with van der Waals surface area (Å²) in [6, 6.07) is 7.64. The normalized spacial score (nSPS) is 10.7. The molecule has 4 heteroatoms. The topological polar surface area (TPSA) is 55.6 Å². The van der Waals surface area contributed by atoms with Crippen molar-refractivity contribution in [2.45, 2.75) is 39.8 Å². The van der Waals surface area contributed by atoms with E-state index in [1.54, 1.807) is 0 Å². The predicted octanol–water partition coefficient (Wildman–Crippen LogP) is 2.43. The lowest BCUT2D eigenvalue weighted by Gasteiger charge is -2.23. The quantitative estimate of drug-likeness (QED) is 0.770. The molecule has 106 valence electrons. The SMILES string of the molecule is CCCN(Cc1cccc(N)c1)C(=O)COC(C)C. The zero-order chi connectivity index (χ0) is 14.3. The summed E-state index contributed by atoms with van der Waals surface area (Å²) in [4.78, 5) is 13.9. The van der Waals surface area contributed by atoms with Crippen LogP contribution in [0, 0.1) is 0 Å². The summed E-state index contributed by atoms with van der Waals surface area (Å²) in [6.45, 7) is 7.36. The van der Waals surface area contributed by atoms with Gasteiger partial charge in [0.25, 0.3) is 0 Å². The summed E-state index contributed by atoms with van der Waals surface area (Å²) in [5.41, 5.74) is 7.52. The van der Waals surface area contributed by atoms with Crippen molar-refractivity contribution in [2.75, 3.05) is 18.9 Å². The number of hydrogen-bond acceptors (Lipinski definition) is 3. The van der Waals surface area contributed by atoms with E-state index in [0.29, 0.717) is 6.54 Å². The number of amides is 1. The van der Waals surface area contributed by atoms with E-state index >= 15 is 0 Å². The Labute approximate surface area is 115 Å². The van der Waals surface area contributed by atoms with Gasteiger partial charge in [-0.3, -0.25) is 4.79 Å². The second kappa shape index (κ2) is 7.79. The smallest absolute Gasteiger partial charge is 0.248 e. The fourth-order valence-corrected chi connectivity index (χ4v) is 1.80. The number of rotatable bonds is 7. The number of nitrogen functional groups attached to an aromatic ring is 1. The van der Waals surface area contributed by atoms with Gasteiger partial charge in [-0.05, 0) is 38.0 Å². The highest BCUT2D eigenvalue weighted by molar-refractivity contribution is 5.77. The highest BCUT2D eigenvalue weighted by atomic mass is 16.5. The standard InChI is InChI=1S/C15H24N2O2/c1-4-8-17(15(18)11-19-12(2)3)10-13-6-5-7-14(16)9-13/h5-7,9,12H,4,8,10-11,16H2,1-3H3. The first-order valence-corrected chi connectivity index (χ1v) is 6.76. The molecule has 0 aliphatic carbocycles. The third-order valence-electron chi connectivity index (χ3n) is 2.71. The van der Waals surface area contributed by atoms with Crippen LogP contribution < -0.4 is 5.73 Å². The van der Waals surface area contributed by atoms with Crippen LogP contribution in [-0.2, 0) is 16.1 Å². The average molecular weight is 264 g/mol. The molecule has 0 spiro atoms. The van der Waals surface area contributed by atoms with Gasteiger partial charge in [0.05, 0.1) is 6.10 Å². The van der Waals surface area contributed by atoms with Gasteiger partial charge < -0.3 is 15.4 Å². The molecule has 1 amide bonds. The molecule has 0 unspecified atom stereocenters. The van der Waals surface area contributed by atoms with E-state index in [0.717, 1.165) is 24.2 Å². The Kier molecular flexibility index (Phi) is 6.36. The van der Waals surface area contributed by atoms with E-state index in [1.807, 2.05) is 43.0 Å². The van der Waals surface area contributed by atoms with Gasteiger partial charge in [-0.25, -0.2) is 0 Å². The summed E-state index contributed by atoms with van der Waals surface area (Å²) >= 11 is 0. The molecular weight excluding hydrogens is 240 g/mol. The third-order valence-corrected chi connectivity index (χ3v) is 2.71. The van der Waals surface area contributed by atoms with Crippen molar-refractivity contribution in [1.82, 2.24) is 4.90 Å². The highest BCUT2D eigenvalue weighted by Gasteiger charge is 2.14. The molecule has 0 aromatic heterocycles. The van der Waals surface area contributed by atoms with Crippen molar-refractivity contribution < 1.29 is 9.53 Å². The molecule has 0 saturated carbocycles. The Hall–Kier alpha value is -1.55. The van der Waals surface area contributed by atoms with Gasteiger partial charge in [0.2, 0.25) is 5.91 Å². The molecule has 1 aromatic rings. The van der Waals surface area contributed by atoms with E-state index in [-0.39, 0.29) is 18.6 Å². The van der Waals surface area contributed by atoms with Crippen LogP contribution in [0.1, 0.15) is 32.8 Å². The number of benzene rings is 1. The molecule has 1 aromatic carbocycles. The number of nitrogens with two attached hydrogens (primary N) is 1. The van der Waals surface area contributed by atoms with Gasteiger partial charge in [-0.1, -0.05) is 19.1 Å². The van der Waals surface area contributed by atoms with Crippen LogP contribution in [0.15, 0.2) is 24.3 Å². The summed E-state index contributed by atoms with van der Waals surface area (Å²) in [5, 5.41) is 0. The summed E-state index contributed by atoms with van der Waals surface area (Å²) in [7, 11) is 0. The average Bonchev–Trinajstić information content (AvgIpc) is 2.35. The molecule has 19 heavy (non-hydrogen) atoms. The number of nitrogens with zero attached hydrogens (tertiary/aromatic N) is 1. The van der Waals surface area contributed by atoms with Crippen molar-refractivity contribution in [3.63, 3.8) is 0 Å². The Bertz CT molecular complexity index is 405. The van der Waals surface area contributed by atoms with E-state index in [9.17, 15) is 4.79 Å². The second-order valence-electron chi connectivity index (χ2n) is 4.92. The number of ether oxygens (including phenoxy) is 1.